The minimum Gasteiger partial charge on any atom is -0.349 e. The fourth-order valence-corrected chi connectivity index (χ4v) is 3.24. The second-order valence-corrected chi connectivity index (χ2v) is 6.35. The normalized spacial score (nSPS) is 23.6. The highest BCUT2D eigenvalue weighted by Crippen LogP contribution is 2.39. The lowest BCUT2D eigenvalue weighted by Crippen LogP contribution is -2.35. The molecule has 114 valence electrons. The van der Waals surface area contributed by atoms with Crippen LogP contribution in [0, 0.1) is 0 Å². The lowest BCUT2D eigenvalue weighted by molar-refractivity contribution is -0.161. The van der Waals surface area contributed by atoms with Gasteiger partial charge in [-0.25, -0.2) is 0 Å². The molecule has 1 saturated carbocycles. The van der Waals surface area contributed by atoms with Gasteiger partial charge in [-0.3, -0.25) is 4.79 Å². The van der Waals surface area contributed by atoms with E-state index in [-0.39, 0.29) is 12.0 Å². The molecule has 6 heteroatoms. The van der Waals surface area contributed by atoms with Crippen LogP contribution in [0.1, 0.15) is 36.0 Å². The molecule has 0 aromatic heterocycles. The first-order valence-corrected chi connectivity index (χ1v) is 7.89. The van der Waals surface area contributed by atoms with Crippen LogP contribution in [0.5, 0.6) is 0 Å². The van der Waals surface area contributed by atoms with Crippen LogP contribution in [0.3, 0.4) is 0 Å². The zero-order chi connectivity index (χ0) is 14.9. The maximum absolute atomic E-state index is 12.1. The number of ether oxygens (including phenoxy) is 2. The molecular formula is C15H17Cl2NO3. The van der Waals surface area contributed by atoms with E-state index in [1.807, 2.05) is 0 Å². The van der Waals surface area contributed by atoms with Gasteiger partial charge in [-0.1, -0.05) is 23.2 Å². The van der Waals surface area contributed by atoms with Crippen molar-refractivity contribution in [2.75, 3.05) is 13.2 Å². The van der Waals surface area contributed by atoms with Crippen molar-refractivity contribution in [2.45, 2.75) is 37.6 Å². The van der Waals surface area contributed by atoms with Crippen molar-refractivity contribution in [3.63, 3.8) is 0 Å². The van der Waals surface area contributed by atoms with Crippen molar-refractivity contribution in [2.24, 2.45) is 0 Å². The smallest absolute Gasteiger partial charge is 0.252 e. The Bertz CT molecular complexity index is 544. The molecule has 1 spiro atoms. The molecule has 2 aliphatic rings. The minimum absolute atomic E-state index is 0.106. The van der Waals surface area contributed by atoms with Gasteiger partial charge in [0.05, 0.1) is 17.2 Å². The third-order valence-corrected chi connectivity index (χ3v) is 4.51. The quantitative estimate of drug-likeness (QED) is 0.924. The van der Waals surface area contributed by atoms with E-state index in [2.05, 4.69) is 5.32 Å². The highest BCUT2D eigenvalue weighted by atomic mass is 35.5. The molecule has 1 aliphatic heterocycles. The lowest BCUT2D eigenvalue weighted by Gasteiger charge is -2.22. The van der Waals surface area contributed by atoms with Gasteiger partial charge in [0.15, 0.2) is 5.79 Å². The van der Waals surface area contributed by atoms with Gasteiger partial charge in [0.2, 0.25) is 0 Å². The SMILES string of the molecule is O=C(NCC1COC2(CCCC2)O1)c1cc(Cl)ccc1Cl. The van der Waals surface area contributed by atoms with Crippen LogP contribution in [-0.4, -0.2) is 30.9 Å². The van der Waals surface area contributed by atoms with Crippen LogP contribution in [-0.2, 0) is 9.47 Å². The molecule has 21 heavy (non-hydrogen) atoms. The molecule has 1 N–H and O–H groups in total. The summed E-state index contributed by atoms with van der Waals surface area (Å²) in [6.07, 6.45) is 4.05. The van der Waals surface area contributed by atoms with Gasteiger partial charge in [-0.2, -0.15) is 0 Å². The number of halogens is 2. The predicted octanol–water partition coefficient (Wildman–Crippen LogP) is 3.41. The number of carbonyl (C=O) groups excluding carboxylic acids is 1. The van der Waals surface area contributed by atoms with Crippen molar-refractivity contribution in [3.8, 4) is 0 Å². The Balaban J connectivity index is 1.56. The van der Waals surface area contributed by atoms with Crippen LogP contribution in [0.25, 0.3) is 0 Å². The number of hydrogen-bond acceptors (Lipinski definition) is 3. The Labute approximate surface area is 133 Å². The Morgan fingerprint density at radius 1 is 1.33 bits per heavy atom. The standard InChI is InChI=1S/C15H17Cl2NO3/c16-10-3-4-13(17)12(7-10)14(19)18-8-11-9-20-15(21-11)5-1-2-6-15/h3-4,7,11H,1-2,5-6,8-9H2,(H,18,19). The fraction of sp³-hybridized carbons (Fsp3) is 0.533. The van der Waals surface area contributed by atoms with Gasteiger partial charge in [-0.15, -0.1) is 0 Å². The second kappa shape index (κ2) is 6.13. The summed E-state index contributed by atoms with van der Waals surface area (Å²) >= 11 is 11.9. The summed E-state index contributed by atoms with van der Waals surface area (Å²) in [5, 5.41) is 3.69. The molecular weight excluding hydrogens is 313 g/mol. The summed E-state index contributed by atoms with van der Waals surface area (Å²) < 4.78 is 11.7. The number of amides is 1. The summed E-state index contributed by atoms with van der Waals surface area (Å²) in [5.41, 5.74) is 0.374. The van der Waals surface area contributed by atoms with Crippen LogP contribution in [0.15, 0.2) is 18.2 Å². The molecule has 1 amide bonds. The molecule has 1 atom stereocenters. The maximum Gasteiger partial charge on any atom is 0.252 e. The van der Waals surface area contributed by atoms with Gasteiger partial charge in [0.1, 0.15) is 6.10 Å². The summed E-state index contributed by atoms with van der Waals surface area (Å²) in [4.78, 5) is 12.1. The van der Waals surface area contributed by atoms with E-state index < -0.39 is 5.79 Å². The summed E-state index contributed by atoms with van der Waals surface area (Å²) in [5.74, 6) is -0.651. The second-order valence-electron chi connectivity index (χ2n) is 5.50. The fourth-order valence-electron chi connectivity index (χ4n) is 2.87. The number of benzene rings is 1. The van der Waals surface area contributed by atoms with Crippen LogP contribution >= 0.6 is 23.2 Å². The van der Waals surface area contributed by atoms with Crippen LogP contribution in [0.2, 0.25) is 10.0 Å². The van der Waals surface area contributed by atoms with Crippen molar-refractivity contribution in [1.82, 2.24) is 5.32 Å². The number of carbonyl (C=O) groups is 1. The molecule has 1 saturated heterocycles. The van der Waals surface area contributed by atoms with Crippen LogP contribution < -0.4 is 5.32 Å². The third kappa shape index (κ3) is 3.34. The van der Waals surface area contributed by atoms with Crippen LogP contribution in [0.4, 0.5) is 0 Å². The number of rotatable bonds is 3. The summed E-state index contributed by atoms with van der Waals surface area (Å²) in [7, 11) is 0. The number of nitrogens with one attached hydrogen (secondary N) is 1. The van der Waals surface area contributed by atoms with E-state index in [0.29, 0.717) is 28.8 Å². The molecule has 4 nitrogen and oxygen atoms in total. The van der Waals surface area contributed by atoms with E-state index >= 15 is 0 Å². The van der Waals surface area contributed by atoms with Gasteiger partial charge < -0.3 is 14.8 Å². The Hall–Kier alpha value is -0.810. The highest BCUT2D eigenvalue weighted by molar-refractivity contribution is 6.35. The maximum atomic E-state index is 12.1. The van der Waals surface area contributed by atoms with Gasteiger partial charge in [0, 0.05) is 24.4 Å². The average Bonchev–Trinajstić information content (AvgIpc) is 3.09. The number of hydrogen-bond donors (Lipinski definition) is 1. The van der Waals surface area contributed by atoms with E-state index in [4.69, 9.17) is 32.7 Å². The van der Waals surface area contributed by atoms with Gasteiger partial charge in [-0.05, 0) is 31.0 Å². The minimum atomic E-state index is -0.400. The Morgan fingerprint density at radius 2 is 2.10 bits per heavy atom. The zero-order valence-corrected chi connectivity index (χ0v) is 13.0. The van der Waals surface area contributed by atoms with Gasteiger partial charge in [0.25, 0.3) is 5.91 Å². The van der Waals surface area contributed by atoms with Gasteiger partial charge >= 0.3 is 0 Å². The molecule has 3 rings (SSSR count). The third-order valence-electron chi connectivity index (χ3n) is 3.94. The topological polar surface area (TPSA) is 47.6 Å². The molecule has 1 unspecified atom stereocenters. The molecule has 1 aromatic carbocycles. The summed E-state index contributed by atoms with van der Waals surface area (Å²) in [6, 6.07) is 4.82. The van der Waals surface area contributed by atoms with Crippen molar-refractivity contribution < 1.29 is 14.3 Å². The predicted molar refractivity (Wildman–Crippen MR) is 80.8 cm³/mol. The lowest BCUT2D eigenvalue weighted by atomic mass is 10.2. The van der Waals surface area contributed by atoms with E-state index in [1.54, 1.807) is 18.2 Å². The zero-order valence-electron chi connectivity index (χ0n) is 11.5. The van der Waals surface area contributed by atoms with Crippen molar-refractivity contribution in [1.29, 1.82) is 0 Å². The van der Waals surface area contributed by atoms with Crippen molar-refractivity contribution >= 4 is 29.1 Å². The largest absolute Gasteiger partial charge is 0.349 e. The first-order valence-electron chi connectivity index (χ1n) is 7.13. The molecule has 1 aliphatic carbocycles. The van der Waals surface area contributed by atoms with E-state index in [0.717, 1.165) is 25.7 Å². The molecule has 1 aromatic rings. The monoisotopic (exact) mass is 329 g/mol. The van der Waals surface area contributed by atoms with Crippen molar-refractivity contribution in [3.05, 3.63) is 33.8 Å². The molecule has 0 bridgehead atoms. The molecule has 0 radical (unpaired) electrons. The molecule has 1 heterocycles. The first kappa shape index (κ1) is 15.1. The highest BCUT2D eigenvalue weighted by Gasteiger charge is 2.43. The average molecular weight is 330 g/mol. The Kier molecular flexibility index (Phi) is 4.41. The first-order chi connectivity index (χ1) is 10.1. The van der Waals surface area contributed by atoms with E-state index in [9.17, 15) is 4.79 Å². The molecule has 2 fully saturated rings. The Morgan fingerprint density at radius 3 is 2.86 bits per heavy atom. The van der Waals surface area contributed by atoms with E-state index in [1.165, 1.54) is 0 Å². The summed E-state index contributed by atoms with van der Waals surface area (Å²) in [6.45, 7) is 0.924.